The molecule has 1 nitrogen and oxygen atoms in total. The van der Waals surface area contributed by atoms with E-state index in [1.54, 1.807) is 0 Å². The number of halogens is 5. The van der Waals surface area contributed by atoms with Gasteiger partial charge in [-0.1, -0.05) is 0 Å². The average molecular weight is 285 g/mol. The topological polar surface area (TPSA) is 17.1 Å². The highest BCUT2D eigenvalue weighted by Gasteiger charge is 2.37. The van der Waals surface area contributed by atoms with E-state index in [9.17, 15) is 22.4 Å². The molecule has 0 spiro atoms. The zero-order chi connectivity index (χ0) is 11.8. The van der Waals surface area contributed by atoms with E-state index in [-0.39, 0.29) is 5.56 Å². The SMILES string of the molecule is CC(=O)c1ccc(F)c(C(F)(F)F)c1Br. The van der Waals surface area contributed by atoms with E-state index in [4.69, 9.17) is 0 Å². The van der Waals surface area contributed by atoms with Gasteiger partial charge in [-0.2, -0.15) is 13.2 Å². The fourth-order valence-electron chi connectivity index (χ4n) is 1.08. The summed E-state index contributed by atoms with van der Waals surface area (Å²) in [6.45, 7) is 1.11. The highest BCUT2D eigenvalue weighted by Crippen LogP contribution is 2.38. The van der Waals surface area contributed by atoms with Crippen molar-refractivity contribution in [1.29, 1.82) is 0 Å². The Morgan fingerprint density at radius 3 is 2.27 bits per heavy atom. The molecule has 0 unspecified atom stereocenters. The molecule has 0 heterocycles. The Kier molecular flexibility index (Phi) is 3.18. The highest BCUT2D eigenvalue weighted by atomic mass is 79.9. The average Bonchev–Trinajstić information content (AvgIpc) is 2.00. The molecule has 1 aromatic carbocycles. The molecule has 0 saturated carbocycles. The van der Waals surface area contributed by atoms with Crippen molar-refractivity contribution in [3.63, 3.8) is 0 Å². The van der Waals surface area contributed by atoms with Gasteiger partial charge in [0.1, 0.15) is 11.4 Å². The van der Waals surface area contributed by atoms with Crippen molar-refractivity contribution < 1.29 is 22.4 Å². The minimum atomic E-state index is -4.83. The van der Waals surface area contributed by atoms with Crippen LogP contribution in [-0.4, -0.2) is 5.78 Å². The van der Waals surface area contributed by atoms with Crippen molar-refractivity contribution in [2.45, 2.75) is 13.1 Å². The van der Waals surface area contributed by atoms with E-state index in [0.717, 1.165) is 13.0 Å². The first kappa shape index (κ1) is 12.2. The molecule has 0 aliphatic rings. The Bertz CT molecular complexity index is 411. The lowest BCUT2D eigenvalue weighted by atomic mass is 10.1. The third kappa shape index (κ3) is 2.37. The molecule has 0 N–H and O–H groups in total. The summed E-state index contributed by atoms with van der Waals surface area (Å²) in [7, 11) is 0. The maximum Gasteiger partial charge on any atom is 0.420 e. The standard InChI is InChI=1S/C9H5BrF4O/c1-4(15)5-2-3-6(11)7(8(5)10)9(12,13)14/h2-3H,1H3. The lowest BCUT2D eigenvalue weighted by molar-refractivity contribution is -0.140. The van der Waals surface area contributed by atoms with Crippen LogP contribution in [0.25, 0.3) is 0 Å². The number of rotatable bonds is 1. The third-order valence-corrected chi connectivity index (χ3v) is 2.58. The Hall–Kier alpha value is -0.910. The summed E-state index contributed by atoms with van der Waals surface area (Å²) in [5.74, 6) is -1.97. The number of ketones is 1. The number of hydrogen-bond acceptors (Lipinski definition) is 1. The molecule has 1 aromatic rings. The van der Waals surface area contributed by atoms with Crippen molar-refractivity contribution in [3.8, 4) is 0 Å². The van der Waals surface area contributed by atoms with E-state index in [0.29, 0.717) is 6.07 Å². The fourth-order valence-corrected chi connectivity index (χ4v) is 1.91. The first-order valence-electron chi connectivity index (χ1n) is 3.81. The number of hydrogen-bond donors (Lipinski definition) is 0. The summed E-state index contributed by atoms with van der Waals surface area (Å²) in [6, 6.07) is 1.64. The molecule has 0 radical (unpaired) electrons. The lowest BCUT2D eigenvalue weighted by Crippen LogP contribution is -2.11. The van der Waals surface area contributed by atoms with Crippen LogP contribution in [0.15, 0.2) is 16.6 Å². The number of carbonyl (C=O) groups is 1. The van der Waals surface area contributed by atoms with Crippen LogP contribution in [0.3, 0.4) is 0 Å². The number of carbonyl (C=O) groups excluding carboxylic acids is 1. The zero-order valence-corrected chi connectivity index (χ0v) is 9.04. The summed E-state index contributed by atoms with van der Waals surface area (Å²) in [6.07, 6.45) is -4.83. The molecule has 0 amide bonds. The van der Waals surface area contributed by atoms with Gasteiger partial charge in [0.25, 0.3) is 0 Å². The normalized spacial score (nSPS) is 11.6. The Morgan fingerprint density at radius 1 is 1.33 bits per heavy atom. The van der Waals surface area contributed by atoms with Crippen LogP contribution in [0.5, 0.6) is 0 Å². The van der Waals surface area contributed by atoms with E-state index in [1.165, 1.54) is 0 Å². The maximum absolute atomic E-state index is 12.9. The molecule has 15 heavy (non-hydrogen) atoms. The Morgan fingerprint density at radius 2 is 1.87 bits per heavy atom. The molecule has 0 atom stereocenters. The van der Waals surface area contributed by atoms with Gasteiger partial charge >= 0.3 is 6.18 Å². The molecule has 0 fully saturated rings. The summed E-state index contributed by atoms with van der Waals surface area (Å²) in [5, 5.41) is 0. The van der Waals surface area contributed by atoms with Crippen LogP contribution >= 0.6 is 15.9 Å². The molecule has 82 valence electrons. The van der Waals surface area contributed by atoms with Crippen molar-refractivity contribution in [2.24, 2.45) is 0 Å². The summed E-state index contributed by atoms with van der Waals surface area (Å²) >= 11 is 2.59. The maximum atomic E-state index is 12.9. The van der Waals surface area contributed by atoms with Crippen LogP contribution in [0.2, 0.25) is 0 Å². The number of Topliss-reactive ketones (excluding diaryl/α,β-unsaturated/α-hetero) is 1. The van der Waals surface area contributed by atoms with E-state index in [1.807, 2.05) is 0 Å². The van der Waals surface area contributed by atoms with Gasteiger partial charge in [-0.3, -0.25) is 4.79 Å². The second-order valence-electron chi connectivity index (χ2n) is 2.84. The Balaban J connectivity index is 3.51. The minimum Gasteiger partial charge on any atom is -0.294 e. The first-order valence-corrected chi connectivity index (χ1v) is 4.60. The first-order chi connectivity index (χ1) is 6.75. The van der Waals surface area contributed by atoms with Crippen LogP contribution in [0.4, 0.5) is 17.6 Å². The van der Waals surface area contributed by atoms with Crippen LogP contribution in [-0.2, 0) is 6.18 Å². The molecule has 6 heteroatoms. The highest BCUT2D eigenvalue weighted by molar-refractivity contribution is 9.10. The predicted octanol–water partition coefficient (Wildman–Crippen LogP) is 3.81. The van der Waals surface area contributed by atoms with Crippen LogP contribution < -0.4 is 0 Å². The summed E-state index contributed by atoms with van der Waals surface area (Å²) in [5.41, 5.74) is -1.64. The van der Waals surface area contributed by atoms with Gasteiger partial charge in [-0.25, -0.2) is 4.39 Å². The van der Waals surface area contributed by atoms with Crippen molar-refractivity contribution in [1.82, 2.24) is 0 Å². The number of alkyl halides is 3. The fraction of sp³-hybridized carbons (Fsp3) is 0.222. The number of benzene rings is 1. The van der Waals surface area contributed by atoms with Crippen molar-refractivity contribution >= 4 is 21.7 Å². The summed E-state index contributed by atoms with van der Waals surface area (Å²) in [4.78, 5) is 10.9. The van der Waals surface area contributed by atoms with E-state index in [2.05, 4.69) is 15.9 Å². The molecular formula is C9H5BrF4O. The summed E-state index contributed by atoms with van der Waals surface area (Å²) < 4.78 is 49.5. The second kappa shape index (κ2) is 3.92. The lowest BCUT2D eigenvalue weighted by Gasteiger charge is -2.12. The van der Waals surface area contributed by atoms with Gasteiger partial charge < -0.3 is 0 Å². The van der Waals surface area contributed by atoms with E-state index < -0.39 is 27.8 Å². The van der Waals surface area contributed by atoms with Gasteiger partial charge in [0.2, 0.25) is 0 Å². The minimum absolute atomic E-state index is 0.191. The molecule has 0 bridgehead atoms. The molecule has 0 aromatic heterocycles. The van der Waals surface area contributed by atoms with Gasteiger partial charge in [0.05, 0.1) is 0 Å². The quantitative estimate of drug-likeness (QED) is 0.566. The molecular weight excluding hydrogens is 280 g/mol. The van der Waals surface area contributed by atoms with E-state index >= 15 is 0 Å². The smallest absolute Gasteiger partial charge is 0.294 e. The third-order valence-electron chi connectivity index (χ3n) is 1.75. The monoisotopic (exact) mass is 284 g/mol. The molecule has 0 saturated heterocycles. The second-order valence-corrected chi connectivity index (χ2v) is 3.63. The van der Waals surface area contributed by atoms with Gasteiger partial charge in [0.15, 0.2) is 5.78 Å². The Labute approximate surface area is 91.2 Å². The van der Waals surface area contributed by atoms with Gasteiger partial charge in [-0.05, 0) is 35.0 Å². The predicted molar refractivity (Wildman–Crippen MR) is 49.1 cm³/mol. The molecule has 0 aliphatic carbocycles. The molecule has 1 rings (SSSR count). The zero-order valence-electron chi connectivity index (χ0n) is 7.45. The van der Waals surface area contributed by atoms with Crippen LogP contribution in [0.1, 0.15) is 22.8 Å². The van der Waals surface area contributed by atoms with Gasteiger partial charge in [-0.15, -0.1) is 0 Å². The molecule has 0 aliphatic heterocycles. The largest absolute Gasteiger partial charge is 0.420 e. The van der Waals surface area contributed by atoms with Crippen molar-refractivity contribution in [3.05, 3.63) is 33.5 Å². The van der Waals surface area contributed by atoms with Crippen LogP contribution in [0, 0.1) is 5.82 Å². The van der Waals surface area contributed by atoms with Crippen molar-refractivity contribution in [2.75, 3.05) is 0 Å². The van der Waals surface area contributed by atoms with Gasteiger partial charge in [0, 0.05) is 10.0 Å².